The second-order valence-corrected chi connectivity index (χ2v) is 7.14. The first-order valence-corrected chi connectivity index (χ1v) is 9.52. The van der Waals surface area contributed by atoms with Gasteiger partial charge >= 0.3 is 0 Å². The summed E-state index contributed by atoms with van der Waals surface area (Å²) in [5.41, 5.74) is 2.16. The summed E-state index contributed by atoms with van der Waals surface area (Å²) >= 11 is 0. The van der Waals surface area contributed by atoms with Gasteiger partial charge in [-0.2, -0.15) is 5.10 Å². The van der Waals surface area contributed by atoms with Crippen LogP contribution in [0.2, 0.25) is 0 Å². The molecule has 0 spiro atoms. The number of ether oxygens (including phenoxy) is 2. The van der Waals surface area contributed by atoms with Gasteiger partial charge in [0.1, 0.15) is 24.7 Å². The highest BCUT2D eigenvalue weighted by atomic mass is 16.6. The van der Waals surface area contributed by atoms with Crippen LogP contribution in [-0.4, -0.2) is 40.8 Å². The Morgan fingerprint density at radius 1 is 1.14 bits per heavy atom. The highest BCUT2D eigenvalue weighted by molar-refractivity contribution is 5.93. The van der Waals surface area contributed by atoms with Crippen LogP contribution in [0.3, 0.4) is 0 Å². The van der Waals surface area contributed by atoms with Gasteiger partial charge < -0.3 is 18.8 Å². The van der Waals surface area contributed by atoms with Crippen LogP contribution in [0.25, 0.3) is 11.5 Å². The molecule has 2 aliphatic heterocycles. The average molecular weight is 379 g/mol. The number of rotatable bonds is 3. The number of nitrogens with zero attached hydrogens (tertiary/aromatic N) is 2. The van der Waals surface area contributed by atoms with Crippen molar-refractivity contribution >= 4 is 5.91 Å². The van der Waals surface area contributed by atoms with Gasteiger partial charge in [0.05, 0.1) is 6.04 Å². The number of H-pyrrole nitrogens is 1. The van der Waals surface area contributed by atoms with Crippen LogP contribution < -0.4 is 9.47 Å². The Labute approximate surface area is 162 Å². The first-order valence-electron chi connectivity index (χ1n) is 9.52. The monoisotopic (exact) mass is 379 g/mol. The Kier molecular flexibility index (Phi) is 4.07. The molecule has 1 unspecified atom stereocenters. The van der Waals surface area contributed by atoms with Crippen molar-refractivity contribution < 1.29 is 18.7 Å². The minimum absolute atomic E-state index is 0.00864. The maximum atomic E-state index is 13.1. The van der Waals surface area contributed by atoms with Gasteiger partial charge in [-0.1, -0.05) is 6.07 Å². The van der Waals surface area contributed by atoms with Crippen LogP contribution in [0.4, 0.5) is 0 Å². The van der Waals surface area contributed by atoms with Crippen LogP contribution in [0.15, 0.2) is 40.8 Å². The Bertz CT molecular complexity index is 1020. The first kappa shape index (κ1) is 16.9. The van der Waals surface area contributed by atoms with Crippen molar-refractivity contribution in [3.8, 4) is 23.0 Å². The average Bonchev–Trinajstić information content (AvgIpc) is 3.47. The SMILES string of the molecule is Cc1ccc(-c2cc(C(=O)N3CCCC3c3ccc4c(c3)OCCO4)n[nH]2)o1. The third kappa shape index (κ3) is 2.93. The van der Waals surface area contributed by atoms with Crippen molar-refractivity contribution in [2.24, 2.45) is 0 Å². The van der Waals surface area contributed by atoms with Gasteiger partial charge in [-0.15, -0.1) is 0 Å². The minimum atomic E-state index is -0.0804. The number of amides is 1. The second kappa shape index (κ2) is 6.74. The lowest BCUT2D eigenvalue weighted by molar-refractivity contribution is 0.0729. The van der Waals surface area contributed by atoms with Crippen LogP contribution >= 0.6 is 0 Å². The van der Waals surface area contributed by atoms with E-state index in [0.717, 1.165) is 35.7 Å². The van der Waals surface area contributed by atoms with Crippen molar-refractivity contribution in [2.75, 3.05) is 19.8 Å². The molecule has 0 radical (unpaired) electrons. The number of nitrogens with one attached hydrogen (secondary N) is 1. The highest BCUT2D eigenvalue weighted by Crippen LogP contribution is 2.38. The van der Waals surface area contributed by atoms with E-state index in [9.17, 15) is 4.79 Å². The third-order valence-corrected chi connectivity index (χ3v) is 5.27. The molecule has 7 heteroatoms. The molecule has 0 aliphatic carbocycles. The van der Waals surface area contributed by atoms with Crippen LogP contribution in [0, 0.1) is 6.92 Å². The fraction of sp³-hybridized carbons (Fsp3) is 0.333. The van der Waals surface area contributed by atoms with Crippen LogP contribution in [-0.2, 0) is 0 Å². The number of carbonyl (C=O) groups is 1. The topological polar surface area (TPSA) is 80.6 Å². The number of aromatic nitrogens is 2. The van der Waals surface area contributed by atoms with E-state index in [0.29, 0.717) is 36.9 Å². The number of hydrogen-bond acceptors (Lipinski definition) is 5. The zero-order valence-corrected chi connectivity index (χ0v) is 15.6. The van der Waals surface area contributed by atoms with Crippen molar-refractivity contribution in [1.82, 2.24) is 15.1 Å². The number of fused-ring (bicyclic) bond motifs is 1. The summed E-state index contributed by atoms with van der Waals surface area (Å²) in [6, 6.07) is 11.4. The third-order valence-electron chi connectivity index (χ3n) is 5.27. The number of benzene rings is 1. The van der Waals surface area contributed by atoms with E-state index in [1.165, 1.54) is 0 Å². The highest BCUT2D eigenvalue weighted by Gasteiger charge is 2.32. The molecule has 28 heavy (non-hydrogen) atoms. The van der Waals surface area contributed by atoms with Crippen molar-refractivity contribution in [3.63, 3.8) is 0 Å². The molecule has 2 aliphatic rings. The normalized spacial score (nSPS) is 18.5. The van der Waals surface area contributed by atoms with Crippen molar-refractivity contribution in [1.29, 1.82) is 0 Å². The minimum Gasteiger partial charge on any atom is -0.486 e. The Morgan fingerprint density at radius 2 is 2.00 bits per heavy atom. The standard InChI is InChI=1S/C21H21N3O4/c1-13-4-6-18(28-13)15-12-16(23-22-15)21(25)24-8-2-3-17(24)14-5-7-19-20(11-14)27-10-9-26-19/h4-7,11-12,17H,2-3,8-10H2,1H3,(H,22,23). The predicted molar refractivity (Wildman–Crippen MR) is 101 cm³/mol. The molecule has 1 N–H and O–H groups in total. The molecule has 1 saturated heterocycles. The van der Waals surface area contributed by atoms with E-state index in [2.05, 4.69) is 10.2 Å². The lowest BCUT2D eigenvalue weighted by Gasteiger charge is -2.26. The molecule has 1 fully saturated rings. The summed E-state index contributed by atoms with van der Waals surface area (Å²) in [5.74, 6) is 2.92. The van der Waals surface area contributed by atoms with Crippen LogP contribution in [0.1, 0.15) is 40.7 Å². The van der Waals surface area contributed by atoms with E-state index in [-0.39, 0.29) is 11.9 Å². The molecule has 7 nitrogen and oxygen atoms in total. The predicted octanol–water partition coefficient (Wildman–Crippen LogP) is 3.73. The molecule has 2 aromatic heterocycles. The summed E-state index contributed by atoms with van der Waals surface area (Å²) in [6.07, 6.45) is 1.87. The first-order chi connectivity index (χ1) is 13.7. The molecule has 0 saturated carbocycles. The van der Waals surface area contributed by atoms with Crippen molar-refractivity contribution in [3.05, 3.63) is 53.4 Å². The smallest absolute Gasteiger partial charge is 0.274 e. The summed E-state index contributed by atoms with van der Waals surface area (Å²) in [5, 5.41) is 7.13. The molecule has 5 rings (SSSR count). The zero-order chi connectivity index (χ0) is 19.1. The summed E-state index contributed by atoms with van der Waals surface area (Å²) in [4.78, 5) is 15.0. The fourth-order valence-corrected chi connectivity index (χ4v) is 3.91. The number of aryl methyl sites for hydroxylation is 1. The molecule has 1 amide bonds. The summed E-state index contributed by atoms with van der Waals surface area (Å²) in [6.45, 7) is 3.71. The lowest BCUT2D eigenvalue weighted by Crippen LogP contribution is -2.31. The van der Waals surface area contributed by atoms with E-state index >= 15 is 0 Å². The quantitative estimate of drug-likeness (QED) is 0.750. The molecule has 1 atom stereocenters. The number of hydrogen-bond donors (Lipinski definition) is 1. The van der Waals surface area contributed by atoms with Gasteiger partial charge in [-0.25, -0.2) is 0 Å². The van der Waals surface area contributed by atoms with Gasteiger partial charge in [0.25, 0.3) is 5.91 Å². The second-order valence-electron chi connectivity index (χ2n) is 7.14. The van der Waals surface area contributed by atoms with E-state index in [1.807, 2.05) is 42.2 Å². The number of furan rings is 1. The molecule has 144 valence electrons. The lowest BCUT2D eigenvalue weighted by atomic mass is 10.0. The summed E-state index contributed by atoms with van der Waals surface area (Å²) < 4.78 is 16.9. The van der Waals surface area contributed by atoms with Gasteiger partial charge in [0, 0.05) is 12.6 Å². The Hall–Kier alpha value is -3.22. The maximum Gasteiger partial charge on any atom is 0.274 e. The number of likely N-dealkylation sites (tertiary alicyclic amines) is 1. The largest absolute Gasteiger partial charge is 0.486 e. The van der Waals surface area contributed by atoms with Crippen LogP contribution in [0.5, 0.6) is 11.5 Å². The van der Waals surface area contributed by atoms with E-state index < -0.39 is 0 Å². The zero-order valence-electron chi connectivity index (χ0n) is 15.6. The number of aromatic amines is 1. The maximum absolute atomic E-state index is 13.1. The molecule has 1 aromatic carbocycles. The van der Waals surface area contributed by atoms with Gasteiger partial charge in [0.2, 0.25) is 0 Å². The van der Waals surface area contributed by atoms with E-state index in [1.54, 1.807) is 6.07 Å². The number of carbonyl (C=O) groups excluding carboxylic acids is 1. The molecule has 3 aromatic rings. The van der Waals surface area contributed by atoms with Gasteiger partial charge in [-0.3, -0.25) is 9.89 Å². The molecule has 0 bridgehead atoms. The fourth-order valence-electron chi connectivity index (χ4n) is 3.91. The summed E-state index contributed by atoms with van der Waals surface area (Å²) in [7, 11) is 0. The van der Waals surface area contributed by atoms with Gasteiger partial charge in [-0.05, 0) is 49.6 Å². The van der Waals surface area contributed by atoms with E-state index in [4.69, 9.17) is 13.9 Å². The Morgan fingerprint density at radius 3 is 2.82 bits per heavy atom. The Balaban J connectivity index is 1.39. The molecular weight excluding hydrogens is 358 g/mol. The van der Waals surface area contributed by atoms with Crippen molar-refractivity contribution in [2.45, 2.75) is 25.8 Å². The van der Waals surface area contributed by atoms with Gasteiger partial charge in [0.15, 0.2) is 23.0 Å². The molecule has 4 heterocycles. The molecular formula is C21H21N3O4.